The molecule has 21 heavy (non-hydrogen) atoms. The van der Waals surface area contributed by atoms with Crippen molar-refractivity contribution >= 4 is 11.6 Å². The molecular formula is C16H30N4O. The van der Waals surface area contributed by atoms with Crippen LogP contribution in [0, 0.1) is 0 Å². The second kappa shape index (κ2) is 10.4. The van der Waals surface area contributed by atoms with Crippen LogP contribution in [-0.2, 0) is 11.3 Å². The number of hydrogen-bond donors (Lipinski definition) is 2. The number of nitrogens with zero attached hydrogens (tertiary/aromatic N) is 2. The maximum absolute atomic E-state index is 5.43. The number of hydrogen-bond acceptors (Lipinski definition) is 5. The van der Waals surface area contributed by atoms with E-state index in [1.54, 1.807) is 0 Å². The Labute approximate surface area is 128 Å². The van der Waals surface area contributed by atoms with Crippen LogP contribution in [-0.4, -0.2) is 29.2 Å². The third-order valence-electron chi connectivity index (χ3n) is 3.25. The van der Waals surface area contributed by atoms with E-state index in [-0.39, 0.29) is 0 Å². The Kier molecular flexibility index (Phi) is 8.74. The molecule has 1 aromatic heterocycles. The second-order valence-corrected chi connectivity index (χ2v) is 5.16. The SMILES string of the molecule is CCCNc1cc(NC(CC)CCC)nc(COCC)n1. The van der Waals surface area contributed by atoms with Crippen LogP contribution in [0.2, 0.25) is 0 Å². The topological polar surface area (TPSA) is 59.1 Å². The molecule has 0 saturated carbocycles. The van der Waals surface area contributed by atoms with Crippen LogP contribution in [0.25, 0.3) is 0 Å². The predicted molar refractivity (Wildman–Crippen MR) is 88.8 cm³/mol. The van der Waals surface area contributed by atoms with E-state index in [0.29, 0.717) is 19.3 Å². The highest BCUT2D eigenvalue weighted by Crippen LogP contribution is 2.15. The van der Waals surface area contributed by atoms with E-state index in [0.717, 1.165) is 43.3 Å². The summed E-state index contributed by atoms with van der Waals surface area (Å²) < 4.78 is 5.43. The average Bonchev–Trinajstić information content (AvgIpc) is 2.50. The van der Waals surface area contributed by atoms with Crippen LogP contribution >= 0.6 is 0 Å². The van der Waals surface area contributed by atoms with Crippen LogP contribution in [0.3, 0.4) is 0 Å². The van der Waals surface area contributed by atoms with Gasteiger partial charge in [-0.05, 0) is 26.2 Å². The summed E-state index contributed by atoms with van der Waals surface area (Å²) in [5, 5.41) is 6.84. The number of anilines is 2. The first-order valence-electron chi connectivity index (χ1n) is 8.19. The van der Waals surface area contributed by atoms with Gasteiger partial charge in [-0.1, -0.05) is 27.2 Å². The van der Waals surface area contributed by atoms with Gasteiger partial charge in [0.25, 0.3) is 0 Å². The summed E-state index contributed by atoms with van der Waals surface area (Å²) in [6.07, 6.45) is 4.49. The number of ether oxygens (including phenoxy) is 1. The molecule has 2 N–H and O–H groups in total. The minimum Gasteiger partial charge on any atom is -0.374 e. The normalized spacial score (nSPS) is 12.2. The minimum absolute atomic E-state index is 0.456. The zero-order valence-electron chi connectivity index (χ0n) is 13.9. The fraction of sp³-hybridized carbons (Fsp3) is 0.750. The Morgan fingerprint density at radius 1 is 1.10 bits per heavy atom. The molecule has 1 aromatic rings. The molecule has 1 heterocycles. The standard InChI is InChI=1S/C16H30N4O/c1-5-9-13(7-3)18-15-11-14(17-10-6-2)19-16(20-15)12-21-8-4/h11,13H,5-10,12H2,1-4H3,(H2,17,18,19,20). The van der Waals surface area contributed by atoms with Gasteiger partial charge in [0.05, 0.1) is 0 Å². The number of nitrogens with one attached hydrogen (secondary N) is 2. The first-order chi connectivity index (χ1) is 10.2. The summed E-state index contributed by atoms with van der Waals surface area (Å²) in [6, 6.07) is 2.45. The Bertz CT molecular complexity index is 372. The van der Waals surface area contributed by atoms with Crippen LogP contribution in [0.4, 0.5) is 11.6 Å². The second-order valence-electron chi connectivity index (χ2n) is 5.16. The van der Waals surface area contributed by atoms with E-state index in [1.807, 2.05) is 13.0 Å². The van der Waals surface area contributed by atoms with Crippen molar-refractivity contribution in [3.05, 3.63) is 11.9 Å². The Morgan fingerprint density at radius 2 is 1.86 bits per heavy atom. The molecule has 1 unspecified atom stereocenters. The highest BCUT2D eigenvalue weighted by atomic mass is 16.5. The maximum atomic E-state index is 5.43. The Morgan fingerprint density at radius 3 is 2.48 bits per heavy atom. The van der Waals surface area contributed by atoms with Gasteiger partial charge in [-0.25, -0.2) is 9.97 Å². The van der Waals surface area contributed by atoms with Gasteiger partial charge in [0.2, 0.25) is 0 Å². The van der Waals surface area contributed by atoms with E-state index < -0.39 is 0 Å². The lowest BCUT2D eigenvalue weighted by Gasteiger charge is -2.18. The highest BCUT2D eigenvalue weighted by molar-refractivity contribution is 5.48. The van der Waals surface area contributed by atoms with Gasteiger partial charge in [0, 0.05) is 25.3 Å². The van der Waals surface area contributed by atoms with Gasteiger partial charge < -0.3 is 15.4 Å². The smallest absolute Gasteiger partial charge is 0.158 e. The summed E-state index contributed by atoms with van der Waals surface area (Å²) in [4.78, 5) is 9.06. The lowest BCUT2D eigenvalue weighted by atomic mass is 10.1. The van der Waals surface area contributed by atoms with Gasteiger partial charge in [-0.15, -0.1) is 0 Å². The largest absolute Gasteiger partial charge is 0.374 e. The fourth-order valence-electron chi connectivity index (χ4n) is 2.11. The van der Waals surface area contributed by atoms with Crippen molar-refractivity contribution < 1.29 is 4.74 Å². The van der Waals surface area contributed by atoms with Crippen LogP contribution in [0.1, 0.15) is 59.2 Å². The van der Waals surface area contributed by atoms with Crippen molar-refractivity contribution in [1.29, 1.82) is 0 Å². The molecule has 0 amide bonds. The van der Waals surface area contributed by atoms with Crippen molar-refractivity contribution in [1.82, 2.24) is 9.97 Å². The molecule has 0 aliphatic heterocycles. The average molecular weight is 294 g/mol. The monoisotopic (exact) mass is 294 g/mol. The first-order valence-corrected chi connectivity index (χ1v) is 8.19. The molecule has 1 atom stereocenters. The van der Waals surface area contributed by atoms with Gasteiger partial charge >= 0.3 is 0 Å². The van der Waals surface area contributed by atoms with Crippen molar-refractivity contribution in [2.45, 2.75) is 66.0 Å². The number of aromatic nitrogens is 2. The van der Waals surface area contributed by atoms with Gasteiger partial charge in [0.1, 0.15) is 18.2 Å². The molecular weight excluding hydrogens is 264 g/mol. The fourth-order valence-corrected chi connectivity index (χ4v) is 2.11. The van der Waals surface area contributed by atoms with Crippen LogP contribution in [0.5, 0.6) is 0 Å². The van der Waals surface area contributed by atoms with E-state index in [1.165, 1.54) is 6.42 Å². The minimum atomic E-state index is 0.456. The van der Waals surface area contributed by atoms with Crippen LogP contribution < -0.4 is 10.6 Å². The predicted octanol–water partition coefficient (Wildman–Crippen LogP) is 3.83. The zero-order chi connectivity index (χ0) is 15.5. The Hall–Kier alpha value is -1.36. The van der Waals surface area contributed by atoms with E-state index in [2.05, 4.69) is 41.4 Å². The number of rotatable bonds is 11. The summed E-state index contributed by atoms with van der Waals surface area (Å²) in [7, 11) is 0. The molecule has 0 aliphatic rings. The van der Waals surface area contributed by atoms with Gasteiger partial charge in [-0.2, -0.15) is 0 Å². The molecule has 1 rings (SSSR count). The molecule has 0 radical (unpaired) electrons. The van der Waals surface area contributed by atoms with Crippen molar-refractivity contribution in [3.63, 3.8) is 0 Å². The lowest BCUT2D eigenvalue weighted by Crippen LogP contribution is -2.20. The van der Waals surface area contributed by atoms with Gasteiger partial charge in [-0.3, -0.25) is 0 Å². The van der Waals surface area contributed by atoms with E-state index in [9.17, 15) is 0 Å². The molecule has 0 aromatic carbocycles. The van der Waals surface area contributed by atoms with Crippen molar-refractivity contribution in [2.24, 2.45) is 0 Å². The highest BCUT2D eigenvalue weighted by Gasteiger charge is 2.09. The summed E-state index contributed by atoms with van der Waals surface area (Å²) in [5.74, 6) is 2.49. The van der Waals surface area contributed by atoms with E-state index in [4.69, 9.17) is 4.74 Å². The summed E-state index contributed by atoms with van der Waals surface area (Å²) >= 11 is 0. The first kappa shape index (κ1) is 17.7. The Balaban J connectivity index is 2.83. The quantitative estimate of drug-likeness (QED) is 0.649. The molecule has 5 heteroatoms. The third kappa shape index (κ3) is 6.76. The molecule has 0 spiro atoms. The molecule has 0 bridgehead atoms. The third-order valence-corrected chi connectivity index (χ3v) is 3.25. The molecule has 5 nitrogen and oxygen atoms in total. The molecule has 0 aliphatic carbocycles. The van der Waals surface area contributed by atoms with Crippen molar-refractivity contribution in [2.75, 3.05) is 23.8 Å². The molecule has 120 valence electrons. The lowest BCUT2D eigenvalue weighted by molar-refractivity contribution is 0.128. The molecule has 0 fully saturated rings. The summed E-state index contributed by atoms with van der Waals surface area (Å²) in [6.45, 7) is 10.6. The molecule has 0 saturated heterocycles. The zero-order valence-corrected chi connectivity index (χ0v) is 13.9. The maximum Gasteiger partial charge on any atom is 0.158 e. The van der Waals surface area contributed by atoms with Crippen LogP contribution in [0.15, 0.2) is 6.07 Å². The van der Waals surface area contributed by atoms with Gasteiger partial charge in [0.15, 0.2) is 5.82 Å². The van der Waals surface area contributed by atoms with E-state index >= 15 is 0 Å². The van der Waals surface area contributed by atoms with Crippen molar-refractivity contribution in [3.8, 4) is 0 Å². The summed E-state index contributed by atoms with van der Waals surface area (Å²) in [5.41, 5.74) is 0.